The number of esters is 1. The highest BCUT2D eigenvalue weighted by Gasteiger charge is 2.51. The van der Waals surface area contributed by atoms with Gasteiger partial charge in [0.1, 0.15) is 0 Å². The van der Waals surface area contributed by atoms with Gasteiger partial charge in [0.15, 0.2) is 5.54 Å². The van der Waals surface area contributed by atoms with Gasteiger partial charge in [-0.2, -0.15) is 0 Å². The number of carbonyl (C=O) groups excluding carboxylic acids is 1. The number of ether oxygens (including phenoxy) is 1. The lowest BCUT2D eigenvalue weighted by molar-refractivity contribution is -0.151. The Labute approximate surface area is 107 Å². The lowest BCUT2D eigenvalue weighted by Crippen LogP contribution is -2.47. The van der Waals surface area contributed by atoms with Crippen LogP contribution in [0, 0.1) is 5.92 Å². The van der Waals surface area contributed by atoms with Crippen LogP contribution in [0.4, 0.5) is 0 Å². The number of thiophene rings is 1. The Kier molecular flexibility index (Phi) is 3.37. The summed E-state index contributed by atoms with van der Waals surface area (Å²) in [6.45, 7) is 2.17. The van der Waals surface area contributed by atoms with Crippen molar-refractivity contribution in [2.45, 2.75) is 25.3 Å². The number of hydrogen-bond acceptors (Lipinski definition) is 4. The fourth-order valence-corrected chi connectivity index (χ4v) is 3.35. The molecule has 1 aromatic rings. The van der Waals surface area contributed by atoms with Crippen LogP contribution in [0.25, 0.3) is 0 Å². The zero-order valence-corrected chi connectivity index (χ0v) is 11.4. The van der Waals surface area contributed by atoms with Crippen LogP contribution >= 0.6 is 27.3 Å². The second-order valence-corrected chi connectivity index (χ2v) is 6.43. The van der Waals surface area contributed by atoms with Crippen LogP contribution in [-0.2, 0) is 15.1 Å². The largest absolute Gasteiger partial charge is 0.464 e. The molecule has 0 saturated heterocycles. The first kappa shape index (κ1) is 12.1. The number of rotatable bonds is 4. The minimum absolute atomic E-state index is 0.233. The quantitative estimate of drug-likeness (QED) is 0.870. The molecule has 0 spiro atoms. The van der Waals surface area contributed by atoms with Crippen molar-refractivity contribution in [3.8, 4) is 0 Å². The molecule has 88 valence electrons. The van der Waals surface area contributed by atoms with Crippen LogP contribution in [0.2, 0.25) is 0 Å². The van der Waals surface area contributed by atoms with E-state index in [2.05, 4.69) is 15.9 Å². The molecule has 1 aromatic heterocycles. The zero-order valence-electron chi connectivity index (χ0n) is 9.03. The van der Waals surface area contributed by atoms with Gasteiger partial charge < -0.3 is 10.5 Å². The molecule has 1 saturated carbocycles. The monoisotopic (exact) mass is 303 g/mol. The van der Waals surface area contributed by atoms with Crippen molar-refractivity contribution in [1.29, 1.82) is 0 Å². The number of halogens is 1. The topological polar surface area (TPSA) is 52.3 Å². The molecule has 2 rings (SSSR count). The normalized spacial score (nSPS) is 19.2. The van der Waals surface area contributed by atoms with E-state index in [1.807, 2.05) is 12.1 Å². The Balaban J connectivity index is 2.31. The molecule has 5 heteroatoms. The average Bonchev–Trinajstić information content (AvgIpc) is 3.01. The Morgan fingerprint density at radius 1 is 1.69 bits per heavy atom. The highest BCUT2D eigenvalue weighted by Crippen LogP contribution is 2.47. The van der Waals surface area contributed by atoms with Crippen LogP contribution < -0.4 is 5.73 Å². The predicted molar refractivity (Wildman–Crippen MR) is 67.2 cm³/mol. The fraction of sp³-hybridized carbons (Fsp3) is 0.545. The summed E-state index contributed by atoms with van der Waals surface area (Å²) in [5, 5.41) is 0. The molecule has 0 bridgehead atoms. The summed E-state index contributed by atoms with van der Waals surface area (Å²) in [5.74, 6) is -0.0658. The van der Waals surface area contributed by atoms with Crippen LogP contribution in [-0.4, -0.2) is 12.6 Å². The van der Waals surface area contributed by atoms with Gasteiger partial charge in [-0.05, 0) is 53.7 Å². The van der Waals surface area contributed by atoms with Gasteiger partial charge in [-0.1, -0.05) is 0 Å². The first-order chi connectivity index (χ1) is 7.59. The molecule has 1 atom stereocenters. The molecule has 1 heterocycles. The number of carbonyl (C=O) groups is 1. The van der Waals surface area contributed by atoms with Gasteiger partial charge in [0.25, 0.3) is 0 Å². The van der Waals surface area contributed by atoms with Crippen LogP contribution in [0.15, 0.2) is 15.9 Å². The third-order valence-corrected chi connectivity index (χ3v) is 4.59. The van der Waals surface area contributed by atoms with E-state index in [-0.39, 0.29) is 11.9 Å². The summed E-state index contributed by atoms with van der Waals surface area (Å²) in [6, 6.07) is 3.83. The van der Waals surface area contributed by atoms with Gasteiger partial charge in [0.05, 0.1) is 10.4 Å². The second-order valence-electron chi connectivity index (χ2n) is 3.97. The molecular weight excluding hydrogens is 290 g/mol. The molecule has 3 nitrogen and oxygen atoms in total. The van der Waals surface area contributed by atoms with Crippen LogP contribution in [0.3, 0.4) is 0 Å². The molecule has 16 heavy (non-hydrogen) atoms. The summed E-state index contributed by atoms with van der Waals surface area (Å²) in [7, 11) is 0. The summed E-state index contributed by atoms with van der Waals surface area (Å²) in [6.07, 6.45) is 2.01. The van der Waals surface area contributed by atoms with Gasteiger partial charge in [-0.15, -0.1) is 11.3 Å². The summed E-state index contributed by atoms with van der Waals surface area (Å²) in [4.78, 5) is 12.9. The van der Waals surface area contributed by atoms with Crippen molar-refractivity contribution in [2.24, 2.45) is 11.7 Å². The molecule has 1 aliphatic carbocycles. The maximum Gasteiger partial charge on any atom is 0.331 e. The standard InChI is InChI=1S/C11H14BrNO2S/c1-2-15-10(14)11(13,7-3-4-7)8-5-6-9(12)16-8/h5-7H,2-4,13H2,1H3. The van der Waals surface area contributed by atoms with Gasteiger partial charge >= 0.3 is 5.97 Å². The predicted octanol–water partition coefficient (Wildman–Crippen LogP) is 2.64. The SMILES string of the molecule is CCOC(=O)C(N)(c1ccc(Br)s1)C1CC1. The van der Waals surface area contributed by atoms with Crippen LogP contribution in [0.5, 0.6) is 0 Å². The molecule has 0 aromatic carbocycles. The van der Waals surface area contributed by atoms with Crippen molar-refractivity contribution in [3.63, 3.8) is 0 Å². The zero-order chi connectivity index (χ0) is 11.8. The maximum absolute atomic E-state index is 12.0. The minimum atomic E-state index is -0.938. The molecule has 1 unspecified atom stereocenters. The third kappa shape index (κ3) is 2.04. The van der Waals surface area contributed by atoms with Crippen molar-refractivity contribution < 1.29 is 9.53 Å². The fourth-order valence-electron chi connectivity index (χ4n) is 1.79. The molecule has 2 N–H and O–H groups in total. The molecule has 0 radical (unpaired) electrons. The van der Waals surface area contributed by atoms with E-state index in [4.69, 9.17) is 10.5 Å². The maximum atomic E-state index is 12.0. The Bertz CT molecular complexity index is 402. The van der Waals surface area contributed by atoms with E-state index in [0.717, 1.165) is 21.5 Å². The summed E-state index contributed by atoms with van der Waals surface area (Å²) >= 11 is 4.90. The molecular formula is C11H14BrNO2S. The van der Waals surface area contributed by atoms with Gasteiger partial charge in [-0.25, -0.2) is 4.79 Å². The van der Waals surface area contributed by atoms with Crippen molar-refractivity contribution >= 4 is 33.2 Å². The lowest BCUT2D eigenvalue weighted by atomic mass is 9.93. The Hall–Kier alpha value is -0.390. The van der Waals surface area contributed by atoms with Crippen LogP contribution in [0.1, 0.15) is 24.6 Å². The number of hydrogen-bond donors (Lipinski definition) is 1. The summed E-state index contributed by atoms with van der Waals surface area (Å²) in [5.41, 5.74) is 5.34. The molecule has 0 aliphatic heterocycles. The smallest absolute Gasteiger partial charge is 0.331 e. The minimum Gasteiger partial charge on any atom is -0.464 e. The highest BCUT2D eigenvalue weighted by molar-refractivity contribution is 9.11. The molecule has 0 amide bonds. The Morgan fingerprint density at radius 3 is 2.81 bits per heavy atom. The molecule has 1 aliphatic rings. The van der Waals surface area contributed by atoms with E-state index in [9.17, 15) is 4.79 Å². The van der Waals surface area contributed by atoms with Crippen molar-refractivity contribution in [1.82, 2.24) is 0 Å². The molecule has 1 fully saturated rings. The van der Waals surface area contributed by atoms with Crippen molar-refractivity contribution in [3.05, 3.63) is 20.8 Å². The van der Waals surface area contributed by atoms with Crippen molar-refractivity contribution in [2.75, 3.05) is 6.61 Å². The van der Waals surface area contributed by atoms with Gasteiger partial charge in [0.2, 0.25) is 0 Å². The Morgan fingerprint density at radius 2 is 2.38 bits per heavy atom. The first-order valence-corrected chi connectivity index (χ1v) is 6.92. The van der Waals surface area contributed by atoms with E-state index in [0.29, 0.717) is 6.61 Å². The highest BCUT2D eigenvalue weighted by atomic mass is 79.9. The third-order valence-electron chi connectivity index (χ3n) is 2.82. The first-order valence-electron chi connectivity index (χ1n) is 5.31. The van der Waals surface area contributed by atoms with E-state index in [1.54, 1.807) is 6.92 Å². The van der Waals surface area contributed by atoms with E-state index >= 15 is 0 Å². The second kappa shape index (κ2) is 4.47. The summed E-state index contributed by atoms with van der Waals surface area (Å²) < 4.78 is 6.09. The number of nitrogens with two attached hydrogens (primary N) is 1. The van der Waals surface area contributed by atoms with E-state index < -0.39 is 5.54 Å². The van der Waals surface area contributed by atoms with Gasteiger partial charge in [0, 0.05) is 4.88 Å². The lowest BCUT2D eigenvalue weighted by Gasteiger charge is -2.25. The van der Waals surface area contributed by atoms with E-state index in [1.165, 1.54) is 11.3 Å². The van der Waals surface area contributed by atoms with Gasteiger partial charge in [-0.3, -0.25) is 0 Å². The average molecular weight is 304 g/mol.